The van der Waals surface area contributed by atoms with E-state index in [9.17, 15) is 8.42 Å². The van der Waals surface area contributed by atoms with E-state index in [0.29, 0.717) is 17.2 Å². The van der Waals surface area contributed by atoms with Gasteiger partial charge in [0.25, 0.3) is 0 Å². The van der Waals surface area contributed by atoms with Gasteiger partial charge < -0.3 is 14.4 Å². The van der Waals surface area contributed by atoms with Crippen molar-refractivity contribution in [3.05, 3.63) is 48.5 Å². The largest absolute Gasteiger partial charge is 0.417 e. The Labute approximate surface area is 151 Å². The van der Waals surface area contributed by atoms with Gasteiger partial charge in [-0.2, -0.15) is 4.72 Å². The zero-order valence-electron chi connectivity index (χ0n) is 13.2. The molecule has 2 aliphatic heterocycles. The number of rotatable bonds is 2. The molecule has 0 radical (unpaired) electrons. The van der Waals surface area contributed by atoms with E-state index in [1.807, 2.05) is 18.2 Å². The Balaban J connectivity index is 1.58. The van der Waals surface area contributed by atoms with Crippen molar-refractivity contribution >= 4 is 33.2 Å². The first-order valence-corrected chi connectivity index (χ1v) is 9.80. The fourth-order valence-electron chi connectivity index (χ4n) is 3.13. The summed E-state index contributed by atoms with van der Waals surface area (Å²) < 4.78 is 38.6. The summed E-state index contributed by atoms with van der Waals surface area (Å²) in [6, 6.07) is 14.0. The van der Waals surface area contributed by atoms with Gasteiger partial charge in [0.2, 0.25) is 10.0 Å². The number of hydrogen-bond donors (Lipinski definition) is 1. The van der Waals surface area contributed by atoms with Crippen molar-refractivity contribution in [2.75, 3.05) is 11.4 Å². The third kappa shape index (κ3) is 3.20. The van der Waals surface area contributed by atoms with Crippen LogP contribution in [0.15, 0.2) is 53.4 Å². The van der Waals surface area contributed by atoms with Crippen LogP contribution in [0.25, 0.3) is 0 Å². The lowest BCUT2D eigenvalue weighted by atomic mass is 10.2. The highest BCUT2D eigenvalue weighted by atomic mass is 32.2. The molecule has 0 saturated carbocycles. The van der Waals surface area contributed by atoms with Gasteiger partial charge in [0.1, 0.15) is 16.4 Å². The molecule has 0 spiro atoms. The van der Waals surface area contributed by atoms with Crippen LogP contribution in [0.5, 0.6) is 11.5 Å². The van der Waals surface area contributed by atoms with Gasteiger partial charge in [-0.3, -0.25) is 0 Å². The van der Waals surface area contributed by atoms with Crippen LogP contribution in [0, 0.1) is 0 Å². The lowest BCUT2D eigenvalue weighted by Crippen LogP contribution is -2.48. The van der Waals surface area contributed by atoms with Crippen molar-refractivity contribution in [2.45, 2.75) is 23.9 Å². The van der Waals surface area contributed by atoms with Gasteiger partial charge in [-0.15, -0.1) is 0 Å². The Kier molecular flexibility index (Phi) is 4.10. The molecule has 8 heteroatoms. The molecule has 0 aromatic heterocycles. The minimum atomic E-state index is -3.57. The molecular formula is C17H16N2O4S2. The molecule has 1 unspecified atom stereocenters. The first kappa shape index (κ1) is 16.3. The molecule has 0 amide bonds. The second-order valence-electron chi connectivity index (χ2n) is 5.87. The molecule has 1 saturated heterocycles. The molecule has 1 N–H and O–H groups in total. The normalized spacial score (nSPS) is 20.5. The number of fused-ring (bicyclic) bond motifs is 3. The quantitative estimate of drug-likeness (QED) is 0.813. The average Bonchev–Trinajstić information content (AvgIpc) is 3.03. The summed E-state index contributed by atoms with van der Waals surface area (Å²) in [6.45, 7) is 0.829. The molecule has 2 aromatic carbocycles. The van der Waals surface area contributed by atoms with Gasteiger partial charge in [-0.25, -0.2) is 8.42 Å². The van der Waals surface area contributed by atoms with Gasteiger partial charge in [-0.1, -0.05) is 18.2 Å². The summed E-state index contributed by atoms with van der Waals surface area (Å²) in [5, 5.41) is -0.0913. The number of sulfonamides is 1. The van der Waals surface area contributed by atoms with Crippen molar-refractivity contribution < 1.29 is 17.9 Å². The zero-order chi connectivity index (χ0) is 17.4. The molecule has 0 aliphatic carbocycles. The fraction of sp³-hybridized carbons (Fsp3) is 0.235. The average molecular weight is 376 g/mol. The van der Waals surface area contributed by atoms with Gasteiger partial charge in [-0.05, 0) is 37.1 Å². The summed E-state index contributed by atoms with van der Waals surface area (Å²) in [5.74, 6) is 0.877. The Bertz CT molecular complexity index is 916. The van der Waals surface area contributed by atoms with E-state index in [2.05, 4.69) is 9.62 Å². The second-order valence-corrected chi connectivity index (χ2v) is 7.89. The highest BCUT2D eigenvalue weighted by Crippen LogP contribution is 2.37. The van der Waals surface area contributed by atoms with E-state index in [0.717, 1.165) is 19.4 Å². The lowest BCUT2D eigenvalue weighted by molar-refractivity contribution is 0.402. The van der Waals surface area contributed by atoms with Crippen LogP contribution >= 0.6 is 12.2 Å². The summed E-state index contributed by atoms with van der Waals surface area (Å²) in [6.07, 6.45) is 1.61. The summed E-state index contributed by atoms with van der Waals surface area (Å²) in [4.78, 5) is 2.27. The maximum Gasteiger partial charge on any atom is 0.363 e. The molecule has 2 aliphatic rings. The highest BCUT2D eigenvalue weighted by molar-refractivity contribution is 7.89. The number of thiocarbonyl (C=S) groups is 1. The van der Waals surface area contributed by atoms with E-state index in [1.54, 1.807) is 24.3 Å². The molecular weight excluding hydrogens is 360 g/mol. The number of ether oxygens (including phenoxy) is 2. The summed E-state index contributed by atoms with van der Waals surface area (Å²) in [5.41, 5.74) is 0.698. The summed E-state index contributed by atoms with van der Waals surface area (Å²) >= 11 is 5.08. The number of nitrogens with one attached hydrogen (secondary N) is 1. The molecule has 0 bridgehead atoms. The first-order chi connectivity index (χ1) is 12.0. The molecule has 25 heavy (non-hydrogen) atoms. The Hall–Kier alpha value is -2.16. The zero-order valence-corrected chi connectivity index (χ0v) is 14.8. The Morgan fingerprint density at radius 1 is 1.12 bits per heavy atom. The number of hydrogen-bond acceptors (Lipinski definition) is 6. The molecule has 1 fully saturated rings. The minimum Gasteiger partial charge on any atom is -0.417 e. The maximum atomic E-state index is 12.5. The minimum absolute atomic E-state index is 0.0913. The van der Waals surface area contributed by atoms with Crippen LogP contribution in [-0.4, -0.2) is 26.4 Å². The highest BCUT2D eigenvalue weighted by Gasteiger charge is 2.37. The van der Waals surface area contributed by atoms with E-state index in [4.69, 9.17) is 21.7 Å². The van der Waals surface area contributed by atoms with E-state index in [-0.39, 0.29) is 16.3 Å². The Morgan fingerprint density at radius 3 is 2.68 bits per heavy atom. The number of benzene rings is 2. The Morgan fingerprint density at radius 2 is 1.88 bits per heavy atom. The van der Waals surface area contributed by atoms with E-state index < -0.39 is 10.0 Å². The van der Waals surface area contributed by atoms with Crippen LogP contribution in [0.1, 0.15) is 12.8 Å². The van der Waals surface area contributed by atoms with Crippen molar-refractivity contribution in [3.63, 3.8) is 0 Å². The molecule has 2 aromatic rings. The van der Waals surface area contributed by atoms with Gasteiger partial charge >= 0.3 is 5.24 Å². The van der Waals surface area contributed by atoms with Crippen LogP contribution in [0.4, 0.5) is 5.69 Å². The maximum absolute atomic E-state index is 12.5. The summed E-state index contributed by atoms with van der Waals surface area (Å²) in [7, 11) is -3.57. The number of anilines is 1. The van der Waals surface area contributed by atoms with Crippen molar-refractivity contribution in [3.8, 4) is 11.5 Å². The molecule has 2 heterocycles. The van der Waals surface area contributed by atoms with Crippen molar-refractivity contribution in [1.29, 1.82) is 0 Å². The standard InChI is InChI=1S/C17H16N2O4S2/c20-25(21)15-11-13(23-17(24)22-12-5-2-1-3-6-12)8-9-14(15)19-10-4-7-16(19)18-25/h1-3,5-6,8-9,11,16,18H,4,7,10H2. The second kappa shape index (κ2) is 6.29. The number of nitrogens with zero attached hydrogens (tertiary/aromatic N) is 1. The van der Waals surface area contributed by atoms with Gasteiger partial charge in [0, 0.05) is 24.8 Å². The monoisotopic (exact) mass is 376 g/mol. The fourth-order valence-corrected chi connectivity index (χ4v) is 4.79. The van der Waals surface area contributed by atoms with Gasteiger partial charge in [0.15, 0.2) is 0 Å². The number of para-hydroxylation sites is 1. The smallest absolute Gasteiger partial charge is 0.363 e. The first-order valence-electron chi connectivity index (χ1n) is 7.91. The predicted octanol–water partition coefficient (Wildman–Crippen LogP) is 2.65. The topological polar surface area (TPSA) is 67.9 Å². The molecule has 4 rings (SSSR count). The van der Waals surface area contributed by atoms with E-state index in [1.165, 1.54) is 6.07 Å². The third-order valence-electron chi connectivity index (χ3n) is 4.22. The van der Waals surface area contributed by atoms with Crippen LogP contribution in [0.2, 0.25) is 0 Å². The SMILES string of the molecule is O=S1(=O)NC2CCCN2c2ccc(OC(=S)Oc3ccccc3)cc21. The van der Waals surface area contributed by atoms with Crippen LogP contribution < -0.4 is 19.1 Å². The van der Waals surface area contributed by atoms with E-state index >= 15 is 0 Å². The van der Waals surface area contributed by atoms with Gasteiger partial charge in [0.05, 0.1) is 11.9 Å². The third-order valence-corrected chi connectivity index (χ3v) is 5.87. The molecule has 130 valence electrons. The van der Waals surface area contributed by atoms with Crippen molar-refractivity contribution in [1.82, 2.24) is 4.72 Å². The van der Waals surface area contributed by atoms with Crippen LogP contribution in [0.3, 0.4) is 0 Å². The van der Waals surface area contributed by atoms with Crippen molar-refractivity contribution in [2.24, 2.45) is 0 Å². The predicted molar refractivity (Wildman–Crippen MR) is 97.4 cm³/mol. The van der Waals surface area contributed by atoms with Crippen LogP contribution in [-0.2, 0) is 10.0 Å². The molecule has 1 atom stereocenters. The molecule has 6 nitrogen and oxygen atoms in total. The lowest BCUT2D eigenvalue weighted by Gasteiger charge is -2.33.